The molecule has 1 aromatic heterocycles. The number of fused-ring (bicyclic) bond motifs is 2. The molecule has 2 fully saturated rings. The highest BCUT2D eigenvalue weighted by Crippen LogP contribution is 2.40. The van der Waals surface area contributed by atoms with Crippen molar-refractivity contribution < 1.29 is 9.90 Å². The van der Waals surface area contributed by atoms with Crippen LogP contribution in [0.4, 0.5) is 0 Å². The third kappa shape index (κ3) is 2.36. The highest BCUT2D eigenvalue weighted by atomic mass is 16.3. The number of rotatable bonds is 1. The second-order valence-corrected chi connectivity index (χ2v) is 7.19. The van der Waals surface area contributed by atoms with Gasteiger partial charge in [0.2, 0.25) is 0 Å². The number of aromatic nitrogens is 1. The molecular formula is C19H24N2O2. The number of aryl methyl sites for hydroxylation is 1. The summed E-state index contributed by atoms with van der Waals surface area (Å²) in [5.41, 5.74) is 1.29. The topological polar surface area (TPSA) is 45.5 Å². The third-order valence-electron chi connectivity index (χ3n) is 5.89. The molecule has 0 spiro atoms. The van der Waals surface area contributed by atoms with Gasteiger partial charge in [0.25, 0.3) is 5.91 Å². The van der Waals surface area contributed by atoms with Crippen molar-refractivity contribution in [2.24, 2.45) is 13.0 Å². The number of aliphatic hydroxyl groups is 1. The fraction of sp³-hybridized carbons (Fsp3) is 0.526. The van der Waals surface area contributed by atoms with Gasteiger partial charge in [-0.25, -0.2) is 0 Å². The number of piperidine rings is 1. The average molecular weight is 312 g/mol. The molecule has 1 N–H and O–H groups in total. The molecule has 23 heavy (non-hydrogen) atoms. The highest BCUT2D eigenvalue weighted by molar-refractivity contribution is 5.98. The normalized spacial score (nSPS) is 27.9. The van der Waals surface area contributed by atoms with Gasteiger partial charge in [0.1, 0.15) is 5.69 Å². The van der Waals surface area contributed by atoms with Crippen LogP contribution >= 0.6 is 0 Å². The van der Waals surface area contributed by atoms with Crippen LogP contribution in [-0.4, -0.2) is 39.2 Å². The van der Waals surface area contributed by atoms with Crippen molar-refractivity contribution in [2.45, 2.75) is 37.7 Å². The molecule has 1 saturated heterocycles. The molecule has 1 aliphatic carbocycles. The molecule has 1 aliphatic heterocycles. The summed E-state index contributed by atoms with van der Waals surface area (Å²) in [6.07, 6.45) is 4.93. The van der Waals surface area contributed by atoms with Crippen LogP contribution in [0.2, 0.25) is 0 Å². The minimum Gasteiger partial charge on any atom is -0.389 e. The van der Waals surface area contributed by atoms with Gasteiger partial charge < -0.3 is 14.6 Å². The number of carbonyl (C=O) groups is 1. The summed E-state index contributed by atoms with van der Waals surface area (Å²) < 4.78 is 1.99. The van der Waals surface area contributed by atoms with E-state index in [9.17, 15) is 9.90 Å². The Hall–Kier alpha value is -1.81. The highest BCUT2D eigenvalue weighted by Gasteiger charge is 2.44. The molecule has 1 saturated carbocycles. The summed E-state index contributed by atoms with van der Waals surface area (Å²) in [5.74, 6) is 0.333. The van der Waals surface area contributed by atoms with Gasteiger partial charge in [-0.2, -0.15) is 0 Å². The van der Waals surface area contributed by atoms with Gasteiger partial charge in [0.05, 0.1) is 5.60 Å². The molecule has 4 nitrogen and oxygen atoms in total. The van der Waals surface area contributed by atoms with Gasteiger partial charge >= 0.3 is 0 Å². The fourth-order valence-electron chi connectivity index (χ4n) is 4.41. The molecule has 122 valence electrons. The monoisotopic (exact) mass is 312 g/mol. The molecule has 0 unspecified atom stereocenters. The number of hydrogen-bond acceptors (Lipinski definition) is 2. The van der Waals surface area contributed by atoms with Crippen LogP contribution in [-0.2, 0) is 7.05 Å². The Morgan fingerprint density at radius 3 is 2.91 bits per heavy atom. The third-order valence-corrected chi connectivity index (χ3v) is 5.89. The summed E-state index contributed by atoms with van der Waals surface area (Å²) in [7, 11) is 1.95. The number of nitrogens with zero attached hydrogens (tertiary/aromatic N) is 2. The molecule has 4 rings (SSSR count). The Morgan fingerprint density at radius 1 is 1.26 bits per heavy atom. The maximum absolute atomic E-state index is 13.0. The number of carbonyl (C=O) groups excluding carboxylic acids is 1. The van der Waals surface area contributed by atoms with Crippen molar-refractivity contribution >= 4 is 16.8 Å². The smallest absolute Gasteiger partial charge is 0.270 e. The van der Waals surface area contributed by atoms with Gasteiger partial charge in [0.15, 0.2) is 0 Å². The molecule has 0 radical (unpaired) electrons. The van der Waals surface area contributed by atoms with E-state index in [0.29, 0.717) is 19.5 Å². The zero-order valence-corrected chi connectivity index (χ0v) is 13.7. The average Bonchev–Trinajstić information content (AvgIpc) is 2.91. The first-order chi connectivity index (χ1) is 11.1. The summed E-state index contributed by atoms with van der Waals surface area (Å²) in [6, 6.07) is 10.1. The van der Waals surface area contributed by atoms with E-state index in [1.165, 1.54) is 6.42 Å². The van der Waals surface area contributed by atoms with Crippen LogP contribution in [0.15, 0.2) is 30.3 Å². The summed E-state index contributed by atoms with van der Waals surface area (Å²) >= 11 is 0. The Labute approximate surface area is 136 Å². The quantitative estimate of drug-likeness (QED) is 0.880. The Morgan fingerprint density at radius 2 is 2.09 bits per heavy atom. The summed E-state index contributed by atoms with van der Waals surface area (Å²) in [4.78, 5) is 14.9. The van der Waals surface area contributed by atoms with Crippen LogP contribution in [0.25, 0.3) is 10.9 Å². The van der Waals surface area contributed by atoms with Gasteiger partial charge in [-0.05, 0) is 31.4 Å². The van der Waals surface area contributed by atoms with E-state index in [0.717, 1.165) is 35.9 Å². The molecule has 2 aliphatic rings. The first-order valence-corrected chi connectivity index (χ1v) is 8.65. The maximum atomic E-state index is 13.0. The Balaban J connectivity index is 1.60. The van der Waals surface area contributed by atoms with E-state index < -0.39 is 5.60 Å². The largest absolute Gasteiger partial charge is 0.389 e. The van der Waals surface area contributed by atoms with Crippen LogP contribution in [0, 0.1) is 5.92 Å². The minimum atomic E-state index is -0.534. The van der Waals surface area contributed by atoms with Crippen LogP contribution < -0.4 is 0 Å². The number of hydrogen-bond donors (Lipinski definition) is 1. The van der Waals surface area contributed by atoms with Crippen molar-refractivity contribution in [3.63, 3.8) is 0 Å². The van der Waals surface area contributed by atoms with Gasteiger partial charge in [-0.1, -0.05) is 31.0 Å². The lowest BCUT2D eigenvalue weighted by Crippen LogP contribution is -2.54. The molecule has 4 heteroatoms. The molecule has 2 heterocycles. The Kier molecular flexibility index (Phi) is 3.45. The lowest BCUT2D eigenvalue weighted by Gasteiger charge is -2.47. The predicted molar refractivity (Wildman–Crippen MR) is 90.3 cm³/mol. The van der Waals surface area contributed by atoms with Crippen LogP contribution in [0.3, 0.4) is 0 Å². The number of benzene rings is 1. The van der Waals surface area contributed by atoms with Crippen molar-refractivity contribution in [3.8, 4) is 0 Å². The number of para-hydroxylation sites is 1. The van der Waals surface area contributed by atoms with Crippen molar-refractivity contribution in [1.82, 2.24) is 9.47 Å². The van der Waals surface area contributed by atoms with Gasteiger partial charge in [0, 0.05) is 37.0 Å². The number of likely N-dealkylation sites (tertiary alicyclic amines) is 1. The molecular weight excluding hydrogens is 288 g/mol. The first kappa shape index (κ1) is 14.8. The first-order valence-electron chi connectivity index (χ1n) is 8.65. The minimum absolute atomic E-state index is 0.0938. The molecule has 2 aromatic rings. The molecule has 2 atom stereocenters. The maximum Gasteiger partial charge on any atom is 0.270 e. The van der Waals surface area contributed by atoms with Gasteiger partial charge in [-0.15, -0.1) is 0 Å². The van der Waals surface area contributed by atoms with Crippen LogP contribution in [0.1, 0.15) is 42.6 Å². The molecule has 1 amide bonds. The summed E-state index contributed by atoms with van der Waals surface area (Å²) in [6.45, 7) is 1.35. The van der Waals surface area contributed by atoms with E-state index in [4.69, 9.17) is 0 Å². The zero-order chi connectivity index (χ0) is 16.0. The predicted octanol–water partition coefficient (Wildman–Crippen LogP) is 2.95. The molecule has 1 aromatic carbocycles. The molecule has 0 bridgehead atoms. The van der Waals surface area contributed by atoms with E-state index >= 15 is 0 Å². The standard InChI is InChI=1S/C19H24N2O2/c1-20-16-8-3-2-6-14(16)12-17(20)18(22)21-11-10-19(23)9-5-4-7-15(19)13-21/h2-3,6,8,12,15,23H,4-5,7,9-11,13H2,1H3/t15-,19+/m0/s1. The van der Waals surface area contributed by atoms with E-state index in [2.05, 4.69) is 0 Å². The van der Waals surface area contributed by atoms with Gasteiger partial charge in [-0.3, -0.25) is 4.79 Å². The van der Waals surface area contributed by atoms with E-state index in [1.807, 2.05) is 46.8 Å². The summed E-state index contributed by atoms with van der Waals surface area (Å²) in [5, 5.41) is 11.9. The van der Waals surface area contributed by atoms with Crippen molar-refractivity contribution in [3.05, 3.63) is 36.0 Å². The second kappa shape index (κ2) is 5.38. The lowest BCUT2D eigenvalue weighted by molar-refractivity contribution is -0.0887. The second-order valence-electron chi connectivity index (χ2n) is 7.19. The van der Waals surface area contributed by atoms with E-state index in [1.54, 1.807) is 0 Å². The zero-order valence-electron chi connectivity index (χ0n) is 13.7. The SMILES string of the molecule is Cn1c(C(=O)N2CC[C@]3(O)CCCC[C@H]3C2)cc2ccccc21. The van der Waals surface area contributed by atoms with Crippen LogP contribution in [0.5, 0.6) is 0 Å². The fourth-order valence-corrected chi connectivity index (χ4v) is 4.41. The van der Waals surface area contributed by atoms with Crippen molar-refractivity contribution in [2.75, 3.05) is 13.1 Å². The lowest BCUT2D eigenvalue weighted by atomic mass is 9.71. The van der Waals surface area contributed by atoms with Crippen molar-refractivity contribution in [1.29, 1.82) is 0 Å². The Bertz CT molecular complexity index is 751. The number of amides is 1. The van der Waals surface area contributed by atoms with E-state index in [-0.39, 0.29) is 11.8 Å².